The lowest BCUT2D eigenvalue weighted by molar-refractivity contribution is -0.122. The third-order valence-electron chi connectivity index (χ3n) is 4.99. The molecule has 1 aromatic carbocycles. The van der Waals surface area contributed by atoms with Crippen LogP contribution in [0.3, 0.4) is 0 Å². The van der Waals surface area contributed by atoms with Crippen molar-refractivity contribution in [1.82, 2.24) is 29.8 Å². The molecule has 152 valence electrons. The van der Waals surface area contributed by atoms with E-state index < -0.39 is 0 Å². The maximum Gasteiger partial charge on any atom is 0.254 e. The highest BCUT2D eigenvalue weighted by Gasteiger charge is 2.22. The second-order valence-electron chi connectivity index (χ2n) is 6.94. The average Bonchev–Trinajstić information content (AvgIpc) is 3.23. The molecule has 9 heteroatoms. The van der Waals surface area contributed by atoms with Crippen molar-refractivity contribution in [2.45, 2.75) is 0 Å². The largest absolute Gasteiger partial charge is 0.383 e. The summed E-state index contributed by atoms with van der Waals surface area (Å²) in [6.07, 6.45) is 1.53. The van der Waals surface area contributed by atoms with Crippen LogP contribution in [0.25, 0.3) is 17.0 Å². The quantitative estimate of drug-likeness (QED) is 0.589. The Balaban J connectivity index is 1.46. The monoisotopic (exact) mass is 395 g/mol. The average molecular weight is 395 g/mol. The molecule has 0 bridgehead atoms. The summed E-state index contributed by atoms with van der Waals surface area (Å²) in [5, 5.41) is 7.22. The van der Waals surface area contributed by atoms with E-state index in [1.54, 1.807) is 11.6 Å². The zero-order valence-electron chi connectivity index (χ0n) is 16.5. The lowest BCUT2D eigenvalue weighted by atomic mass is 10.1. The number of amides is 1. The summed E-state index contributed by atoms with van der Waals surface area (Å²) in [6, 6.07) is 12.1. The van der Waals surface area contributed by atoms with Crippen LogP contribution in [0.1, 0.15) is 0 Å². The van der Waals surface area contributed by atoms with Crippen LogP contribution in [0.15, 0.2) is 42.7 Å². The standard InChI is InChI=1S/C20H25N7O2/c1-29-12-7-21-18(28)14-25-8-10-26(11-9-25)19-13-17(16-5-3-2-4-6-16)24-20-22-15-23-27(19)20/h2-6,13,15H,7-12,14H2,1H3,(H,21,28). The maximum absolute atomic E-state index is 12.0. The summed E-state index contributed by atoms with van der Waals surface area (Å²) in [5.74, 6) is 1.58. The minimum Gasteiger partial charge on any atom is -0.383 e. The number of benzene rings is 1. The van der Waals surface area contributed by atoms with Gasteiger partial charge in [-0.2, -0.15) is 14.6 Å². The molecule has 0 saturated carbocycles. The highest BCUT2D eigenvalue weighted by Crippen LogP contribution is 2.24. The van der Waals surface area contributed by atoms with Gasteiger partial charge in [0, 0.05) is 51.5 Å². The maximum atomic E-state index is 12.0. The third kappa shape index (κ3) is 4.52. The predicted molar refractivity (Wildman–Crippen MR) is 110 cm³/mol. The van der Waals surface area contributed by atoms with E-state index in [9.17, 15) is 4.79 Å². The molecular formula is C20H25N7O2. The number of piperazine rings is 1. The number of rotatable bonds is 7. The van der Waals surface area contributed by atoms with Crippen molar-refractivity contribution in [2.75, 3.05) is 57.9 Å². The summed E-state index contributed by atoms with van der Waals surface area (Å²) in [7, 11) is 1.62. The summed E-state index contributed by atoms with van der Waals surface area (Å²) >= 11 is 0. The molecule has 1 N–H and O–H groups in total. The molecule has 29 heavy (non-hydrogen) atoms. The number of hydrogen-bond acceptors (Lipinski definition) is 7. The van der Waals surface area contributed by atoms with Crippen LogP contribution in [-0.2, 0) is 9.53 Å². The van der Waals surface area contributed by atoms with Gasteiger partial charge in [0.05, 0.1) is 18.8 Å². The molecule has 3 heterocycles. The van der Waals surface area contributed by atoms with Gasteiger partial charge >= 0.3 is 0 Å². The summed E-state index contributed by atoms with van der Waals surface area (Å²) in [4.78, 5) is 25.4. The van der Waals surface area contributed by atoms with Crippen molar-refractivity contribution in [1.29, 1.82) is 0 Å². The fourth-order valence-electron chi connectivity index (χ4n) is 3.47. The Hall–Kier alpha value is -3.04. The number of nitrogens with one attached hydrogen (secondary N) is 1. The third-order valence-corrected chi connectivity index (χ3v) is 4.99. The minimum atomic E-state index is 0.0319. The lowest BCUT2D eigenvalue weighted by Gasteiger charge is -2.35. The normalized spacial score (nSPS) is 15.0. The molecule has 1 saturated heterocycles. The van der Waals surface area contributed by atoms with Crippen LogP contribution in [0, 0.1) is 0 Å². The van der Waals surface area contributed by atoms with Gasteiger partial charge in [0.25, 0.3) is 5.78 Å². The van der Waals surface area contributed by atoms with Gasteiger partial charge in [0.15, 0.2) is 0 Å². The smallest absolute Gasteiger partial charge is 0.254 e. The zero-order chi connectivity index (χ0) is 20.1. The van der Waals surface area contributed by atoms with E-state index in [1.807, 2.05) is 30.3 Å². The van der Waals surface area contributed by atoms with E-state index in [0.717, 1.165) is 43.3 Å². The van der Waals surface area contributed by atoms with Gasteiger partial charge < -0.3 is 15.0 Å². The van der Waals surface area contributed by atoms with E-state index in [-0.39, 0.29) is 5.91 Å². The van der Waals surface area contributed by atoms with E-state index in [4.69, 9.17) is 4.74 Å². The molecule has 2 aromatic heterocycles. The van der Waals surface area contributed by atoms with Crippen LogP contribution < -0.4 is 10.2 Å². The summed E-state index contributed by atoms with van der Waals surface area (Å²) in [5.41, 5.74) is 1.92. The highest BCUT2D eigenvalue weighted by molar-refractivity contribution is 5.78. The fourth-order valence-corrected chi connectivity index (χ4v) is 3.47. The van der Waals surface area contributed by atoms with Gasteiger partial charge in [-0.25, -0.2) is 4.98 Å². The van der Waals surface area contributed by atoms with Gasteiger partial charge in [-0.3, -0.25) is 9.69 Å². The summed E-state index contributed by atoms with van der Waals surface area (Å²) in [6.45, 7) is 4.69. The van der Waals surface area contributed by atoms with E-state index >= 15 is 0 Å². The first-order valence-electron chi connectivity index (χ1n) is 9.74. The molecular weight excluding hydrogens is 370 g/mol. The number of carbonyl (C=O) groups excluding carboxylic acids is 1. The number of fused-ring (bicyclic) bond motifs is 1. The molecule has 1 fully saturated rings. The van der Waals surface area contributed by atoms with Crippen molar-refractivity contribution in [3.63, 3.8) is 0 Å². The Morgan fingerprint density at radius 3 is 2.72 bits per heavy atom. The first-order chi connectivity index (χ1) is 14.2. The first kappa shape index (κ1) is 19.3. The van der Waals surface area contributed by atoms with Crippen LogP contribution in [0.5, 0.6) is 0 Å². The second kappa shape index (κ2) is 8.97. The van der Waals surface area contributed by atoms with E-state index in [0.29, 0.717) is 25.5 Å². The van der Waals surface area contributed by atoms with Crippen molar-refractivity contribution in [3.8, 4) is 11.3 Å². The van der Waals surface area contributed by atoms with Gasteiger partial charge in [-0.05, 0) is 0 Å². The Morgan fingerprint density at radius 2 is 1.97 bits per heavy atom. The van der Waals surface area contributed by atoms with Crippen molar-refractivity contribution >= 4 is 17.5 Å². The molecule has 3 aromatic rings. The molecule has 1 aliphatic rings. The summed E-state index contributed by atoms with van der Waals surface area (Å²) < 4.78 is 6.74. The molecule has 0 aliphatic carbocycles. The Morgan fingerprint density at radius 1 is 1.17 bits per heavy atom. The van der Waals surface area contributed by atoms with Gasteiger partial charge in [-0.15, -0.1) is 0 Å². The fraction of sp³-hybridized carbons (Fsp3) is 0.400. The molecule has 0 unspecified atom stereocenters. The number of aromatic nitrogens is 4. The zero-order valence-corrected chi connectivity index (χ0v) is 16.5. The highest BCUT2D eigenvalue weighted by atomic mass is 16.5. The molecule has 0 atom stereocenters. The number of nitrogens with zero attached hydrogens (tertiary/aromatic N) is 6. The number of ether oxygens (including phenoxy) is 1. The van der Waals surface area contributed by atoms with Crippen LogP contribution >= 0.6 is 0 Å². The minimum absolute atomic E-state index is 0.0319. The first-order valence-corrected chi connectivity index (χ1v) is 9.74. The molecule has 1 amide bonds. The molecule has 0 radical (unpaired) electrons. The predicted octanol–water partition coefficient (Wildman–Crippen LogP) is 0.676. The molecule has 0 spiro atoms. The van der Waals surface area contributed by atoms with E-state index in [1.165, 1.54) is 6.33 Å². The number of methoxy groups -OCH3 is 1. The van der Waals surface area contributed by atoms with E-state index in [2.05, 4.69) is 36.2 Å². The molecule has 4 rings (SSSR count). The van der Waals surface area contributed by atoms with Crippen molar-refractivity contribution in [3.05, 3.63) is 42.7 Å². The van der Waals surface area contributed by atoms with Crippen molar-refractivity contribution in [2.24, 2.45) is 0 Å². The topological polar surface area (TPSA) is 87.9 Å². The van der Waals surface area contributed by atoms with Gasteiger partial charge in [0.1, 0.15) is 12.1 Å². The molecule has 9 nitrogen and oxygen atoms in total. The number of hydrogen-bond donors (Lipinski definition) is 1. The lowest BCUT2D eigenvalue weighted by Crippen LogP contribution is -2.50. The number of anilines is 1. The Bertz CT molecular complexity index is 952. The van der Waals surface area contributed by atoms with Gasteiger partial charge in [0.2, 0.25) is 5.91 Å². The Kier molecular flexibility index (Phi) is 5.97. The van der Waals surface area contributed by atoms with Crippen LogP contribution in [0.2, 0.25) is 0 Å². The number of carbonyl (C=O) groups is 1. The van der Waals surface area contributed by atoms with Gasteiger partial charge in [-0.1, -0.05) is 30.3 Å². The second-order valence-corrected chi connectivity index (χ2v) is 6.94. The van der Waals surface area contributed by atoms with Crippen molar-refractivity contribution < 1.29 is 9.53 Å². The molecule has 1 aliphatic heterocycles. The van der Waals surface area contributed by atoms with Crippen LogP contribution in [-0.4, -0.2) is 83.4 Å². The Labute approximate surface area is 169 Å². The van der Waals surface area contributed by atoms with Crippen LogP contribution in [0.4, 0.5) is 5.82 Å². The SMILES string of the molecule is COCCNC(=O)CN1CCN(c2cc(-c3ccccc3)nc3ncnn23)CC1.